The number of rotatable bonds is 0. The van der Waals surface area contributed by atoms with Gasteiger partial charge in [-0.05, 0) is 0 Å². The molecule has 0 fully saturated rings. The number of nitrogens with zero attached hydrogens (tertiary/aromatic N) is 4. The van der Waals surface area contributed by atoms with Crippen LogP contribution in [-0.2, 0) is 0 Å². The fraction of sp³-hybridized carbons (Fsp3) is 0.500. The van der Waals surface area contributed by atoms with Crippen molar-refractivity contribution in [3.8, 4) is 24.3 Å². The smallest absolute Gasteiger partial charge is 1.00 e. The van der Waals surface area contributed by atoms with Crippen molar-refractivity contribution >= 4 is 7.81 Å². The van der Waals surface area contributed by atoms with Crippen LogP contribution in [0.5, 0.6) is 0 Å². The zero-order chi connectivity index (χ0) is 17.2. The van der Waals surface area contributed by atoms with Gasteiger partial charge in [0.25, 0.3) is 0 Å². The Balaban J connectivity index is -0.0000000326. The van der Waals surface area contributed by atoms with Gasteiger partial charge < -0.3 is 0 Å². The topological polar surface area (TPSA) is 95.2 Å². The van der Waals surface area contributed by atoms with Crippen molar-refractivity contribution < 1.29 is 44.0 Å². The van der Waals surface area contributed by atoms with E-state index in [9.17, 15) is 25.2 Å². The summed E-state index contributed by atoms with van der Waals surface area (Å²) in [7, 11) is -10.7. The van der Waals surface area contributed by atoms with Crippen molar-refractivity contribution in [2.45, 2.75) is 27.7 Å². The Hall–Kier alpha value is -1.43. The molecule has 12 heteroatoms. The maximum atomic E-state index is 9.87. The Labute approximate surface area is 125 Å². The van der Waals surface area contributed by atoms with E-state index in [1.807, 2.05) is 0 Å². The van der Waals surface area contributed by atoms with Gasteiger partial charge in [-0.2, -0.15) is 21.0 Å². The second kappa shape index (κ2) is 15.6. The van der Waals surface area contributed by atoms with Crippen LogP contribution in [0.3, 0.4) is 0 Å². The first-order valence-electron chi connectivity index (χ1n) is 3.91. The third kappa shape index (κ3) is 1960. The summed E-state index contributed by atoms with van der Waals surface area (Å²) in [6, 6.07) is 7.00. The number of nitriles is 4. The summed E-state index contributed by atoms with van der Waals surface area (Å²) in [6.07, 6.45) is 0. The molecule has 0 aliphatic heterocycles. The minimum Gasteiger partial charge on any atom is 1.00 e. The van der Waals surface area contributed by atoms with Crippen molar-refractivity contribution in [1.29, 1.82) is 21.0 Å². The van der Waals surface area contributed by atoms with Gasteiger partial charge >= 0.3 is 51.9 Å². The molecule has 0 saturated heterocycles. The van der Waals surface area contributed by atoms with E-state index in [0.29, 0.717) is 0 Å². The van der Waals surface area contributed by atoms with Gasteiger partial charge in [0.2, 0.25) is 0 Å². The summed E-state index contributed by atoms with van der Waals surface area (Å²) >= 11 is 0. The fourth-order valence-corrected chi connectivity index (χ4v) is 0. The normalized spacial score (nSPS) is 9.70. The Morgan fingerprint density at radius 2 is 0.550 bits per heavy atom. The molecule has 0 N–H and O–H groups in total. The van der Waals surface area contributed by atoms with Crippen molar-refractivity contribution in [1.82, 2.24) is 0 Å². The summed E-state index contributed by atoms with van der Waals surface area (Å²) in [5.41, 5.74) is 0. The van der Waals surface area contributed by atoms with Crippen LogP contribution in [0.15, 0.2) is 0 Å². The summed E-state index contributed by atoms with van der Waals surface area (Å²) in [4.78, 5) is 0. The van der Waals surface area contributed by atoms with Crippen LogP contribution < -0.4 is 18.9 Å². The van der Waals surface area contributed by atoms with Gasteiger partial charge in [0.15, 0.2) is 0 Å². The van der Waals surface area contributed by atoms with Gasteiger partial charge in [-0.15, -0.1) is 0 Å². The summed E-state index contributed by atoms with van der Waals surface area (Å²) in [5, 5.41) is 29.3. The van der Waals surface area contributed by atoms with Crippen LogP contribution in [0.25, 0.3) is 0 Å². The van der Waals surface area contributed by atoms with Crippen molar-refractivity contribution in [2.75, 3.05) is 0 Å². The van der Waals surface area contributed by atoms with Crippen molar-refractivity contribution in [2.24, 2.45) is 0 Å². The first kappa shape index (κ1) is 36.3. The molecule has 0 aromatic rings. The van der Waals surface area contributed by atoms with Crippen LogP contribution in [0, 0.1) is 45.3 Å². The van der Waals surface area contributed by atoms with E-state index in [1.165, 1.54) is 27.7 Å². The monoisotopic (exact) mass is 316 g/mol. The van der Waals surface area contributed by atoms with E-state index in [4.69, 9.17) is 21.0 Å². The molecule has 0 spiro atoms. The maximum Gasteiger partial charge on any atom is 1.00 e. The molecule has 4 nitrogen and oxygen atoms in total. The predicted molar refractivity (Wildman–Crippen MR) is 58.7 cm³/mol. The number of hydrogen-bond acceptors (Lipinski definition) is 4. The fourth-order valence-electron chi connectivity index (χ4n) is 0. The third-order valence-electron chi connectivity index (χ3n) is 0. The molecule has 0 bridgehead atoms. The zero-order valence-electron chi connectivity index (χ0n) is 11.5. The van der Waals surface area contributed by atoms with E-state index in [2.05, 4.69) is 0 Å². The predicted octanol–water partition coefficient (Wildman–Crippen LogP) is 2.51. The SMILES string of the molecule is CC#N.CC#N.CC#N.CC#N.F[P-](F)(F)(F)(F)F.[Li+]. The van der Waals surface area contributed by atoms with Gasteiger partial charge in [-0.25, -0.2) is 0 Å². The van der Waals surface area contributed by atoms with Crippen LogP contribution in [0.1, 0.15) is 27.7 Å². The van der Waals surface area contributed by atoms with Gasteiger partial charge in [-0.1, -0.05) is 0 Å². The third-order valence-corrected chi connectivity index (χ3v) is 0. The van der Waals surface area contributed by atoms with Crippen LogP contribution >= 0.6 is 7.81 Å². The first-order chi connectivity index (χ1) is 8.11. The second-order valence-electron chi connectivity index (χ2n) is 1.85. The molecule has 0 amide bonds. The van der Waals surface area contributed by atoms with Crippen molar-refractivity contribution in [3.05, 3.63) is 0 Å². The number of halogens is 6. The average molecular weight is 316 g/mol. The van der Waals surface area contributed by atoms with Gasteiger partial charge in [0.1, 0.15) is 0 Å². The van der Waals surface area contributed by atoms with E-state index in [-0.39, 0.29) is 18.9 Å². The standard InChI is InChI=1S/4C2H3N.F6P.Li/c4*1-2-3;1-7(2,3,4,5)6;/h4*1H3;;/q;;;;-1;+1. The molecule has 0 atom stereocenters. The van der Waals surface area contributed by atoms with E-state index in [1.54, 1.807) is 24.3 Å². The molecule has 0 rings (SSSR count). The molecule has 0 unspecified atom stereocenters. The minimum absolute atomic E-state index is 0. The molecule has 0 aliphatic carbocycles. The molecular formula is C8H12F6LiN4P. The summed E-state index contributed by atoms with van der Waals surface area (Å²) < 4.78 is 59.2. The van der Waals surface area contributed by atoms with E-state index in [0.717, 1.165) is 0 Å². The molecule has 0 aromatic carbocycles. The average Bonchev–Trinajstić information content (AvgIpc) is 2.01. The largest absolute Gasteiger partial charge is 1.00 e. The molecule has 0 aromatic heterocycles. The Bertz CT molecular complexity index is 307. The second-order valence-corrected chi connectivity index (χ2v) is 3.77. The molecule has 0 heterocycles. The number of hydrogen-bond donors (Lipinski definition) is 0. The van der Waals surface area contributed by atoms with Gasteiger partial charge in [-0.3, -0.25) is 0 Å². The maximum absolute atomic E-state index is 10.7. The molecular weight excluding hydrogens is 304 g/mol. The first-order valence-corrected chi connectivity index (χ1v) is 5.94. The molecule has 112 valence electrons. The molecule has 0 saturated carbocycles. The van der Waals surface area contributed by atoms with E-state index < -0.39 is 7.81 Å². The van der Waals surface area contributed by atoms with Crippen LogP contribution in [0.2, 0.25) is 0 Å². The zero-order valence-corrected chi connectivity index (χ0v) is 12.4. The Kier molecular flexibility index (Phi) is 28.3. The van der Waals surface area contributed by atoms with Gasteiger partial charge in [0, 0.05) is 27.7 Å². The Morgan fingerprint density at radius 3 is 0.550 bits per heavy atom. The quantitative estimate of drug-likeness (QED) is 0.390. The Morgan fingerprint density at radius 1 is 0.550 bits per heavy atom. The summed E-state index contributed by atoms with van der Waals surface area (Å²) in [5.74, 6) is 0. The van der Waals surface area contributed by atoms with Crippen molar-refractivity contribution in [3.63, 3.8) is 0 Å². The van der Waals surface area contributed by atoms with Crippen LogP contribution in [-0.4, -0.2) is 0 Å². The summed E-state index contributed by atoms with van der Waals surface area (Å²) in [6.45, 7) is 5.72. The van der Waals surface area contributed by atoms with Gasteiger partial charge in [0.05, 0.1) is 24.3 Å². The molecule has 0 radical (unpaired) electrons. The molecule has 0 aliphatic rings. The van der Waals surface area contributed by atoms with E-state index >= 15 is 0 Å². The van der Waals surface area contributed by atoms with Crippen LogP contribution in [0.4, 0.5) is 25.2 Å². The molecule has 20 heavy (non-hydrogen) atoms. The minimum atomic E-state index is -10.7.